The summed E-state index contributed by atoms with van der Waals surface area (Å²) >= 11 is 1.59. The van der Waals surface area contributed by atoms with Gasteiger partial charge in [-0.05, 0) is 55.0 Å². The summed E-state index contributed by atoms with van der Waals surface area (Å²) in [6.07, 6.45) is 4.19. The lowest BCUT2D eigenvalue weighted by Crippen LogP contribution is -2.22. The van der Waals surface area contributed by atoms with Crippen LogP contribution in [0, 0.1) is 0 Å². The van der Waals surface area contributed by atoms with E-state index in [1.54, 1.807) is 35.6 Å². The van der Waals surface area contributed by atoms with Crippen molar-refractivity contribution in [3.05, 3.63) is 62.8 Å². The molecular formula is C21H15N2O4S-. The number of thiophene rings is 1. The Labute approximate surface area is 163 Å². The highest BCUT2D eigenvalue weighted by atomic mass is 32.1. The van der Waals surface area contributed by atoms with Gasteiger partial charge in [-0.25, -0.2) is 4.98 Å². The molecule has 28 heavy (non-hydrogen) atoms. The second-order valence-corrected chi connectivity index (χ2v) is 7.92. The van der Waals surface area contributed by atoms with Gasteiger partial charge in [0, 0.05) is 10.4 Å². The summed E-state index contributed by atoms with van der Waals surface area (Å²) in [5, 5.41) is 11.8. The highest BCUT2D eigenvalue weighted by molar-refractivity contribution is 7.18. The van der Waals surface area contributed by atoms with Crippen molar-refractivity contribution in [1.29, 1.82) is 0 Å². The minimum absolute atomic E-state index is 0.0765. The summed E-state index contributed by atoms with van der Waals surface area (Å²) in [5.41, 5.74) is 1.69. The van der Waals surface area contributed by atoms with Crippen LogP contribution in [0.2, 0.25) is 0 Å². The highest BCUT2D eigenvalue weighted by Gasteiger charge is 2.20. The first-order chi connectivity index (χ1) is 13.6. The maximum Gasteiger partial charge on any atom is 0.260 e. The SMILES string of the molecule is O=C([O-])c1cccc(-c2ccc(-c3nc4sc5c(c4c(=O)[nH]3)CCCC5)o2)c1. The summed E-state index contributed by atoms with van der Waals surface area (Å²) in [4.78, 5) is 33.2. The zero-order chi connectivity index (χ0) is 19.3. The highest BCUT2D eigenvalue weighted by Crippen LogP contribution is 2.35. The van der Waals surface area contributed by atoms with Crippen molar-refractivity contribution in [1.82, 2.24) is 9.97 Å². The van der Waals surface area contributed by atoms with Gasteiger partial charge in [-0.2, -0.15) is 0 Å². The maximum absolute atomic E-state index is 12.7. The molecule has 0 saturated carbocycles. The van der Waals surface area contributed by atoms with E-state index < -0.39 is 5.97 Å². The van der Waals surface area contributed by atoms with Gasteiger partial charge in [-0.1, -0.05) is 18.2 Å². The van der Waals surface area contributed by atoms with Gasteiger partial charge in [0.25, 0.3) is 5.56 Å². The Morgan fingerprint density at radius 2 is 1.96 bits per heavy atom. The Morgan fingerprint density at radius 1 is 1.14 bits per heavy atom. The maximum atomic E-state index is 12.7. The Morgan fingerprint density at radius 3 is 2.82 bits per heavy atom. The minimum Gasteiger partial charge on any atom is -0.545 e. The number of H-pyrrole nitrogens is 1. The van der Waals surface area contributed by atoms with E-state index in [0.717, 1.165) is 36.1 Å². The standard InChI is InChI=1S/C21H16N2O4S/c24-19-17-13-6-1-2-7-16(13)28-20(17)23-18(22-19)15-9-8-14(27-15)11-4-3-5-12(10-11)21(25)26/h3-5,8-10H,1-2,6-7H2,(H,25,26)(H,22,23,24)/p-1. The van der Waals surface area contributed by atoms with Gasteiger partial charge in [0.05, 0.1) is 11.4 Å². The number of aryl methyl sites for hydroxylation is 2. The molecule has 0 fully saturated rings. The number of carboxylic acids is 1. The summed E-state index contributed by atoms with van der Waals surface area (Å²) < 4.78 is 5.86. The molecule has 0 amide bonds. The molecule has 1 aliphatic carbocycles. The van der Waals surface area contributed by atoms with Crippen molar-refractivity contribution in [3.8, 4) is 22.9 Å². The van der Waals surface area contributed by atoms with Gasteiger partial charge < -0.3 is 19.3 Å². The molecule has 3 heterocycles. The number of benzene rings is 1. The van der Waals surface area contributed by atoms with Crippen LogP contribution in [-0.4, -0.2) is 15.9 Å². The fraction of sp³-hybridized carbons (Fsp3) is 0.190. The average Bonchev–Trinajstić information content (AvgIpc) is 3.33. The molecule has 6 nitrogen and oxygen atoms in total. The number of hydrogen-bond donors (Lipinski definition) is 1. The second kappa shape index (κ2) is 6.45. The number of carbonyl (C=O) groups is 1. The first-order valence-corrected chi connectivity index (χ1v) is 9.88. The summed E-state index contributed by atoms with van der Waals surface area (Å²) in [6.45, 7) is 0. The number of hydrogen-bond acceptors (Lipinski definition) is 6. The van der Waals surface area contributed by atoms with Crippen LogP contribution in [-0.2, 0) is 12.8 Å². The van der Waals surface area contributed by atoms with Gasteiger partial charge in [-0.3, -0.25) is 4.79 Å². The fourth-order valence-electron chi connectivity index (χ4n) is 3.70. The molecule has 0 radical (unpaired) electrons. The molecule has 140 valence electrons. The fourth-order valence-corrected chi connectivity index (χ4v) is 4.96. The molecule has 0 unspecified atom stereocenters. The van der Waals surface area contributed by atoms with Crippen LogP contribution in [0.1, 0.15) is 33.6 Å². The molecule has 4 aromatic rings. The molecule has 7 heteroatoms. The van der Waals surface area contributed by atoms with Crippen LogP contribution in [0.5, 0.6) is 0 Å². The van der Waals surface area contributed by atoms with Crippen molar-refractivity contribution < 1.29 is 14.3 Å². The van der Waals surface area contributed by atoms with E-state index in [2.05, 4.69) is 9.97 Å². The van der Waals surface area contributed by atoms with Crippen LogP contribution in [0.3, 0.4) is 0 Å². The van der Waals surface area contributed by atoms with Crippen molar-refractivity contribution in [2.24, 2.45) is 0 Å². The van der Waals surface area contributed by atoms with Gasteiger partial charge in [0.2, 0.25) is 0 Å². The van der Waals surface area contributed by atoms with Gasteiger partial charge >= 0.3 is 0 Å². The molecule has 1 aromatic carbocycles. The summed E-state index contributed by atoms with van der Waals surface area (Å²) in [7, 11) is 0. The number of aromatic amines is 1. The Hall–Kier alpha value is -3.19. The molecule has 1 aliphatic rings. The molecule has 1 N–H and O–H groups in total. The predicted molar refractivity (Wildman–Crippen MR) is 104 cm³/mol. The van der Waals surface area contributed by atoms with E-state index in [1.807, 2.05) is 0 Å². The molecule has 5 rings (SSSR count). The quantitative estimate of drug-likeness (QED) is 0.578. The van der Waals surface area contributed by atoms with Gasteiger partial charge in [0.1, 0.15) is 10.6 Å². The summed E-state index contributed by atoms with van der Waals surface area (Å²) in [5.74, 6) is 0.0516. The number of rotatable bonds is 3. The van der Waals surface area contributed by atoms with E-state index in [0.29, 0.717) is 28.3 Å². The van der Waals surface area contributed by atoms with Crippen molar-refractivity contribution >= 4 is 27.5 Å². The number of aromatic nitrogens is 2. The number of fused-ring (bicyclic) bond motifs is 3. The first kappa shape index (κ1) is 16.9. The number of nitrogens with zero attached hydrogens (tertiary/aromatic N) is 1. The third kappa shape index (κ3) is 2.75. The zero-order valence-corrected chi connectivity index (χ0v) is 15.6. The van der Waals surface area contributed by atoms with Crippen molar-refractivity contribution in [3.63, 3.8) is 0 Å². The lowest BCUT2D eigenvalue weighted by Gasteiger charge is -2.09. The third-order valence-corrected chi connectivity index (χ3v) is 6.23. The molecule has 0 bridgehead atoms. The number of carboxylic acid groups (broad SMARTS) is 1. The molecular weight excluding hydrogens is 376 g/mol. The van der Waals surface area contributed by atoms with E-state index >= 15 is 0 Å². The van der Waals surface area contributed by atoms with Crippen molar-refractivity contribution in [2.45, 2.75) is 25.7 Å². The predicted octanol–water partition coefficient (Wildman–Crippen LogP) is 3.15. The number of carbonyl (C=O) groups excluding carboxylic acids is 1. The Bertz CT molecular complexity index is 1280. The Balaban J connectivity index is 1.57. The minimum atomic E-state index is -1.24. The van der Waals surface area contributed by atoms with E-state index in [1.165, 1.54) is 17.0 Å². The normalized spacial score (nSPS) is 13.6. The lowest BCUT2D eigenvalue weighted by atomic mass is 9.97. The average molecular weight is 391 g/mol. The van der Waals surface area contributed by atoms with Crippen LogP contribution < -0.4 is 10.7 Å². The van der Waals surface area contributed by atoms with Crippen LogP contribution in [0.15, 0.2) is 45.6 Å². The van der Waals surface area contributed by atoms with Crippen LogP contribution in [0.4, 0.5) is 0 Å². The molecule has 0 atom stereocenters. The molecule has 0 aliphatic heterocycles. The lowest BCUT2D eigenvalue weighted by molar-refractivity contribution is -0.255. The van der Waals surface area contributed by atoms with Crippen molar-refractivity contribution in [2.75, 3.05) is 0 Å². The number of nitrogens with one attached hydrogen (secondary N) is 1. The molecule has 3 aromatic heterocycles. The first-order valence-electron chi connectivity index (χ1n) is 9.07. The summed E-state index contributed by atoms with van der Waals surface area (Å²) in [6, 6.07) is 9.79. The number of aromatic carboxylic acids is 1. The van der Waals surface area contributed by atoms with E-state index in [-0.39, 0.29) is 11.1 Å². The van der Waals surface area contributed by atoms with Crippen LogP contribution >= 0.6 is 11.3 Å². The Kier molecular flexibility index (Phi) is 3.91. The molecule has 0 saturated heterocycles. The van der Waals surface area contributed by atoms with Crippen LogP contribution in [0.25, 0.3) is 33.1 Å². The van der Waals surface area contributed by atoms with E-state index in [4.69, 9.17) is 4.42 Å². The second-order valence-electron chi connectivity index (χ2n) is 6.84. The van der Waals surface area contributed by atoms with Gasteiger partial charge in [0.15, 0.2) is 11.6 Å². The van der Waals surface area contributed by atoms with Gasteiger partial charge in [-0.15, -0.1) is 11.3 Å². The topological polar surface area (TPSA) is 99.0 Å². The third-order valence-electron chi connectivity index (χ3n) is 5.05. The smallest absolute Gasteiger partial charge is 0.260 e. The number of furan rings is 1. The van der Waals surface area contributed by atoms with E-state index in [9.17, 15) is 14.7 Å². The zero-order valence-electron chi connectivity index (χ0n) is 14.8. The largest absolute Gasteiger partial charge is 0.545 e. The molecule has 0 spiro atoms. The monoisotopic (exact) mass is 391 g/mol.